The van der Waals surface area contributed by atoms with Crippen molar-refractivity contribution in [3.05, 3.63) is 0 Å². The number of hydrogen-bond donors (Lipinski definition) is 1. The SMILES string of the molecule is OCC1(CC2CCOC2)CCOCC1. The topological polar surface area (TPSA) is 38.7 Å². The zero-order valence-corrected chi connectivity index (χ0v) is 8.71. The van der Waals surface area contributed by atoms with Gasteiger partial charge in [0.05, 0.1) is 0 Å². The normalized spacial score (nSPS) is 31.9. The van der Waals surface area contributed by atoms with E-state index in [0.29, 0.717) is 12.5 Å². The predicted octanol–water partition coefficient (Wildman–Crippen LogP) is 1.20. The fourth-order valence-electron chi connectivity index (χ4n) is 2.59. The molecular formula is C11H20O3. The summed E-state index contributed by atoms with van der Waals surface area (Å²) in [6.07, 6.45) is 4.31. The number of aliphatic hydroxyl groups is 1. The minimum atomic E-state index is 0.136. The number of rotatable bonds is 3. The van der Waals surface area contributed by atoms with Crippen molar-refractivity contribution in [2.24, 2.45) is 11.3 Å². The first kappa shape index (κ1) is 10.4. The summed E-state index contributed by atoms with van der Waals surface area (Å²) in [5, 5.41) is 9.51. The Labute approximate surface area is 85.4 Å². The van der Waals surface area contributed by atoms with Crippen molar-refractivity contribution < 1.29 is 14.6 Å². The number of hydrogen-bond acceptors (Lipinski definition) is 3. The summed E-state index contributed by atoms with van der Waals surface area (Å²) < 4.78 is 10.7. The second-order valence-electron chi connectivity index (χ2n) is 4.70. The van der Waals surface area contributed by atoms with Crippen LogP contribution in [0, 0.1) is 11.3 Å². The third-order valence-electron chi connectivity index (χ3n) is 3.63. The first-order valence-electron chi connectivity index (χ1n) is 5.61. The van der Waals surface area contributed by atoms with Crippen LogP contribution in [0.3, 0.4) is 0 Å². The molecule has 0 aromatic rings. The molecule has 14 heavy (non-hydrogen) atoms. The highest BCUT2D eigenvalue weighted by Crippen LogP contribution is 2.38. The minimum Gasteiger partial charge on any atom is -0.396 e. The Morgan fingerprint density at radius 2 is 1.93 bits per heavy atom. The number of aliphatic hydroxyl groups excluding tert-OH is 1. The van der Waals surface area contributed by atoms with Gasteiger partial charge in [0.15, 0.2) is 0 Å². The minimum absolute atomic E-state index is 0.136. The smallest absolute Gasteiger partial charge is 0.0495 e. The lowest BCUT2D eigenvalue weighted by atomic mass is 9.74. The van der Waals surface area contributed by atoms with Crippen LogP contribution >= 0.6 is 0 Å². The van der Waals surface area contributed by atoms with Crippen molar-refractivity contribution in [1.82, 2.24) is 0 Å². The molecule has 0 spiro atoms. The van der Waals surface area contributed by atoms with Gasteiger partial charge in [0.1, 0.15) is 0 Å². The summed E-state index contributed by atoms with van der Waals surface area (Å²) in [6, 6.07) is 0. The van der Waals surface area contributed by atoms with Gasteiger partial charge in [0, 0.05) is 33.0 Å². The summed E-state index contributed by atoms with van der Waals surface area (Å²) in [7, 11) is 0. The van der Waals surface area contributed by atoms with Crippen molar-refractivity contribution >= 4 is 0 Å². The molecule has 3 nitrogen and oxygen atoms in total. The van der Waals surface area contributed by atoms with Crippen LogP contribution in [0.1, 0.15) is 25.7 Å². The molecule has 0 radical (unpaired) electrons. The Morgan fingerprint density at radius 1 is 1.14 bits per heavy atom. The quantitative estimate of drug-likeness (QED) is 0.744. The molecule has 1 N–H and O–H groups in total. The molecule has 1 unspecified atom stereocenters. The van der Waals surface area contributed by atoms with E-state index < -0.39 is 0 Å². The van der Waals surface area contributed by atoms with Crippen LogP contribution in [0.2, 0.25) is 0 Å². The van der Waals surface area contributed by atoms with Gasteiger partial charge in [-0.2, -0.15) is 0 Å². The van der Waals surface area contributed by atoms with Gasteiger partial charge in [-0.15, -0.1) is 0 Å². The summed E-state index contributed by atoms with van der Waals surface area (Å²) >= 11 is 0. The largest absolute Gasteiger partial charge is 0.396 e. The van der Waals surface area contributed by atoms with Gasteiger partial charge in [-0.25, -0.2) is 0 Å². The average molecular weight is 200 g/mol. The zero-order valence-electron chi connectivity index (χ0n) is 8.71. The second kappa shape index (κ2) is 4.60. The molecule has 2 rings (SSSR count). The zero-order chi connectivity index (χ0) is 9.86. The maximum atomic E-state index is 9.51. The summed E-state index contributed by atoms with van der Waals surface area (Å²) in [5.41, 5.74) is 0.136. The second-order valence-corrected chi connectivity index (χ2v) is 4.70. The lowest BCUT2D eigenvalue weighted by Crippen LogP contribution is -2.35. The fourth-order valence-corrected chi connectivity index (χ4v) is 2.59. The Hall–Kier alpha value is -0.120. The highest BCUT2D eigenvalue weighted by molar-refractivity contribution is 4.84. The van der Waals surface area contributed by atoms with E-state index in [1.807, 2.05) is 0 Å². The molecule has 1 atom stereocenters. The van der Waals surface area contributed by atoms with E-state index in [1.54, 1.807) is 0 Å². The lowest BCUT2D eigenvalue weighted by molar-refractivity contribution is -0.0295. The van der Waals surface area contributed by atoms with Crippen LogP contribution in [0.15, 0.2) is 0 Å². The van der Waals surface area contributed by atoms with Crippen LogP contribution in [-0.2, 0) is 9.47 Å². The maximum Gasteiger partial charge on any atom is 0.0495 e. The molecular weight excluding hydrogens is 180 g/mol. The van der Waals surface area contributed by atoms with E-state index >= 15 is 0 Å². The van der Waals surface area contributed by atoms with Crippen molar-refractivity contribution in [3.63, 3.8) is 0 Å². The molecule has 2 fully saturated rings. The van der Waals surface area contributed by atoms with Gasteiger partial charge < -0.3 is 14.6 Å². The van der Waals surface area contributed by atoms with Crippen LogP contribution in [-0.4, -0.2) is 38.1 Å². The van der Waals surface area contributed by atoms with Gasteiger partial charge in [-0.3, -0.25) is 0 Å². The molecule has 0 bridgehead atoms. The fraction of sp³-hybridized carbons (Fsp3) is 1.00. The summed E-state index contributed by atoms with van der Waals surface area (Å²) in [5.74, 6) is 0.667. The molecule has 2 aliphatic heterocycles. The van der Waals surface area contributed by atoms with Gasteiger partial charge in [-0.05, 0) is 37.0 Å². The van der Waals surface area contributed by atoms with E-state index in [2.05, 4.69) is 0 Å². The Balaban J connectivity index is 1.89. The summed E-state index contributed by atoms with van der Waals surface area (Å²) in [6.45, 7) is 3.74. The van der Waals surface area contributed by atoms with Crippen LogP contribution in [0.25, 0.3) is 0 Å². The highest BCUT2D eigenvalue weighted by atomic mass is 16.5. The molecule has 0 aliphatic carbocycles. The molecule has 3 heteroatoms. The average Bonchev–Trinajstić information content (AvgIpc) is 2.72. The lowest BCUT2D eigenvalue weighted by Gasteiger charge is -2.37. The first-order valence-corrected chi connectivity index (χ1v) is 5.61. The van der Waals surface area contributed by atoms with Crippen molar-refractivity contribution in [1.29, 1.82) is 0 Å². The van der Waals surface area contributed by atoms with Crippen molar-refractivity contribution in [3.8, 4) is 0 Å². The van der Waals surface area contributed by atoms with Crippen LogP contribution in [0.4, 0.5) is 0 Å². The van der Waals surface area contributed by atoms with E-state index in [1.165, 1.54) is 6.42 Å². The van der Waals surface area contributed by atoms with Crippen LogP contribution in [0.5, 0.6) is 0 Å². The molecule has 2 aliphatic rings. The summed E-state index contributed by atoms with van der Waals surface area (Å²) in [4.78, 5) is 0. The molecule has 2 heterocycles. The Kier molecular flexibility index (Phi) is 3.42. The molecule has 2 saturated heterocycles. The molecule has 0 saturated carbocycles. The van der Waals surface area contributed by atoms with Crippen LogP contribution < -0.4 is 0 Å². The van der Waals surface area contributed by atoms with Crippen molar-refractivity contribution in [2.75, 3.05) is 33.0 Å². The standard InChI is InChI=1S/C11H20O3/c12-9-11(2-5-13-6-3-11)7-10-1-4-14-8-10/h10,12H,1-9H2. The third kappa shape index (κ3) is 2.27. The molecule has 0 amide bonds. The predicted molar refractivity (Wildman–Crippen MR) is 53.1 cm³/mol. The van der Waals surface area contributed by atoms with Crippen molar-refractivity contribution in [2.45, 2.75) is 25.7 Å². The highest BCUT2D eigenvalue weighted by Gasteiger charge is 2.35. The van der Waals surface area contributed by atoms with E-state index in [-0.39, 0.29) is 5.41 Å². The Bertz CT molecular complexity index is 169. The van der Waals surface area contributed by atoms with E-state index in [4.69, 9.17) is 9.47 Å². The molecule has 82 valence electrons. The maximum absolute atomic E-state index is 9.51. The van der Waals surface area contributed by atoms with Gasteiger partial charge in [0.2, 0.25) is 0 Å². The van der Waals surface area contributed by atoms with Gasteiger partial charge >= 0.3 is 0 Å². The first-order chi connectivity index (χ1) is 6.85. The molecule has 0 aromatic carbocycles. The monoisotopic (exact) mass is 200 g/mol. The van der Waals surface area contributed by atoms with E-state index in [0.717, 1.165) is 45.7 Å². The van der Waals surface area contributed by atoms with Gasteiger partial charge in [-0.1, -0.05) is 0 Å². The van der Waals surface area contributed by atoms with Gasteiger partial charge in [0.25, 0.3) is 0 Å². The molecule has 0 aromatic heterocycles. The van der Waals surface area contributed by atoms with E-state index in [9.17, 15) is 5.11 Å². The Morgan fingerprint density at radius 3 is 2.50 bits per heavy atom. The third-order valence-corrected chi connectivity index (χ3v) is 3.63. The number of ether oxygens (including phenoxy) is 2.